The molecule has 1 heterocycles. The maximum atomic E-state index is 12.0. The summed E-state index contributed by atoms with van der Waals surface area (Å²) in [5.74, 6) is -0.326. The van der Waals surface area contributed by atoms with Gasteiger partial charge < -0.3 is 15.0 Å². The summed E-state index contributed by atoms with van der Waals surface area (Å²) in [6, 6.07) is 7.28. The topological polar surface area (TPSA) is 58.6 Å². The van der Waals surface area contributed by atoms with Gasteiger partial charge in [0.1, 0.15) is 6.10 Å². The quantitative estimate of drug-likeness (QED) is 0.912. The van der Waals surface area contributed by atoms with Crippen LogP contribution >= 0.6 is 15.9 Å². The second-order valence-electron chi connectivity index (χ2n) is 4.54. The molecule has 0 spiro atoms. The van der Waals surface area contributed by atoms with Crippen LogP contribution in [0.5, 0.6) is 0 Å². The Hall–Kier alpha value is -1.40. The van der Waals surface area contributed by atoms with Crippen molar-refractivity contribution in [2.75, 3.05) is 25.0 Å². The van der Waals surface area contributed by atoms with Crippen molar-refractivity contribution in [3.05, 3.63) is 28.7 Å². The van der Waals surface area contributed by atoms with Gasteiger partial charge in [-0.05, 0) is 31.2 Å². The third-order valence-electron chi connectivity index (χ3n) is 3.15. The Bertz CT molecular complexity index is 490. The van der Waals surface area contributed by atoms with Crippen molar-refractivity contribution in [2.45, 2.75) is 19.4 Å². The van der Waals surface area contributed by atoms with Crippen LogP contribution in [0.2, 0.25) is 0 Å². The van der Waals surface area contributed by atoms with Gasteiger partial charge in [0, 0.05) is 23.2 Å². The highest BCUT2D eigenvalue weighted by molar-refractivity contribution is 9.10. The average Bonchev–Trinajstić information content (AvgIpc) is 2.44. The van der Waals surface area contributed by atoms with E-state index in [1.165, 1.54) is 0 Å². The van der Waals surface area contributed by atoms with Gasteiger partial charge in [-0.3, -0.25) is 9.59 Å². The number of carbonyl (C=O) groups is 2. The summed E-state index contributed by atoms with van der Waals surface area (Å²) in [4.78, 5) is 25.6. The van der Waals surface area contributed by atoms with Gasteiger partial charge in [0.2, 0.25) is 5.91 Å². The molecule has 0 saturated carbocycles. The molecule has 1 fully saturated rings. The summed E-state index contributed by atoms with van der Waals surface area (Å²) >= 11 is 3.33. The predicted octanol–water partition coefficient (Wildman–Crippen LogP) is 2.02. The van der Waals surface area contributed by atoms with E-state index in [2.05, 4.69) is 21.2 Å². The van der Waals surface area contributed by atoms with Crippen LogP contribution in [-0.2, 0) is 14.3 Å². The minimum absolute atomic E-state index is 0.0470. The fourth-order valence-electron chi connectivity index (χ4n) is 2.06. The van der Waals surface area contributed by atoms with Crippen LogP contribution in [0.25, 0.3) is 0 Å². The number of morpholine rings is 1. The zero-order chi connectivity index (χ0) is 14.5. The molecular weight excluding hydrogens is 324 g/mol. The van der Waals surface area contributed by atoms with Crippen molar-refractivity contribution in [3.63, 3.8) is 0 Å². The number of likely N-dealkylation sites (N-methyl/N-ethyl adjacent to an activating group) is 1. The van der Waals surface area contributed by atoms with E-state index in [1.807, 2.05) is 19.1 Å². The lowest BCUT2D eigenvalue weighted by Gasteiger charge is -2.31. The Kier molecular flexibility index (Phi) is 5.14. The molecule has 1 saturated heterocycles. The number of carbonyl (C=O) groups excluding carboxylic acids is 2. The zero-order valence-corrected chi connectivity index (χ0v) is 12.9. The van der Waals surface area contributed by atoms with Crippen molar-refractivity contribution in [1.29, 1.82) is 0 Å². The summed E-state index contributed by atoms with van der Waals surface area (Å²) in [5.41, 5.74) is 0.703. The number of rotatable bonds is 4. The third kappa shape index (κ3) is 3.80. The minimum Gasteiger partial charge on any atom is -0.366 e. The molecule has 1 aromatic carbocycles. The van der Waals surface area contributed by atoms with Gasteiger partial charge in [-0.15, -0.1) is 0 Å². The molecule has 1 N–H and O–H groups in total. The summed E-state index contributed by atoms with van der Waals surface area (Å²) < 4.78 is 6.33. The van der Waals surface area contributed by atoms with E-state index in [9.17, 15) is 9.59 Å². The molecule has 2 amide bonds. The Morgan fingerprint density at radius 3 is 2.80 bits per heavy atom. The molecule has 0 aromatic heterocycles. The molecule has 0 aliphatic carbocycles. The van der Waals surface area contributed by atoms with Crippen LogP contribution in [0.4, 0.5) is 5.69 Å². The molecule has 0 radical (unpaired) electrons. The maximum Gasteiger partial charge on any atom is 0.252 e. The van der Waals surface area contributed by atoms with Gasteiger partial charge in [-0.1, -0.05) is 15.9 Å². The Morgan fingerprint density at radius 1 is 1.45 bits per heavy atom. The minimum atomic E-state index is -0.667. The number of halogens is 1. The second kappa shape index (κ2) is 6.85. The van der Waals surface area contributed by atoms with Crippen molar-refractivity contribution in [1.82, 2.24) is 4.90 Å². The predicted molar refractivity (Wildman–Crippen MR) is 79.4 cm³/mol. The molecule has 6 heteroatoms. The van der Waals surface area contributed by atoms with Crippen LogP contribution in [-0.4, -0.2) is 42.5 Å². The van der Waals surface area contributed by atoms with Crippen molar-refractivity contribution >= 4 is 33.4 Å². The standard InChI is InChI=1S/C14H17BrN2O3/c1-2-17-7-8-20-12(14(17)19)9-13(18)16-11-5-3-10(15)4-6-11/h3-6,12H,2,7-9H2,1H3,(H,16,18)/t12-/m1/s1. The van der Waals surface area contributed by atoms with Crippen molar-refractivity contribution < 1.29 is 14.3 Å². The van der Waals surface area contributed by atoms with Gasteiger partial charge >= 0.3 is 0 Å². The average molecular weight is 341 g/mol. The number of nitrogens with zero attached hydrogens (tertiary/aromatic N) is 1. The van der Waals surface area contributed by atoms with E-state index in [1.54, 1.807) is 17.0 Å². The summed E-state index contributed by atoms with van der Waals surface area (Å²) in [5, 5.41) is 2.76. The zero-order valence-electron chi connectivity index (χ0n) is 11.3. The molecule has 5 nitrogen and oxygen atoms in total. The van der Waals surface area contributed by atoms with Crippen molar-refractivity contribution in [3.8, 4) is 0 Å². The highest BCUT2D eigenvalue weighted by atomic mass is 79.9. The Balaban J connectivity index is 1.90. The van der Waals surface area contributed by atoms with E-state index in [0.717, 1.165) is 4.47 Å². The normalized spacial score (nSPS) is 19.0. The lowest BCUT2D eigenvalue weighted by Crippen LogP contribution is -2.48. The highest BCUT2D eigenvalue weighted by Crippen LogP contribution is 2.16. The fraction of sp³-hybridized carbons (Fsp3) is 0.429. The first-order chi connectivity index (χ1) is 9.60. The smallest absolute Gasteiger partial charge is 0.252 e. The Morgan fingerprint density at radius 2 is 2.15 bits per heavy atom. The van der Waals surface area contributed by atoms with Crippen LogP contribution in [0.1, 0.15) is 13.3 Å². The van der Waals surface area contributed by atoms with E-state index in [-0.39, 0.29) is 18.2 Å². The number of nitrogens with one attached hydrogen (secondary N) is 1. The molecule has 0 bridgehead atoms. The van der Waals surface area contributed by atoms with Crippen LogP contribution in [0.3, 0.4) is 0 Å². The molecule has 1 aliphatic rings. The molecule has 1 aromatic rings. The number of hydrogen-bond acceptors (Lipinski definition) is 3. The Labute approximate surface area is 126 Å². The lowest BCUT2D eigenvalue weighted by atomic mass is 10.1. The molecular formula is C14H17BrN2O3. The summed E-state index contributed by atoms with van der Waals surface area (Å²) in [7, 11) is 0. The van der Waals surface area contributed by atoms with Crippen LogP contribution in [0.15, 0.2) is 28.7 Å². The van der Waals surface area contributed by atoms with Crippen LogP contribution < -0.4 is 5.32 Å². The number of hydrogen-bond donors (Lipinski definition) is 1. The van der Waals surface area contributed by atoms with Gasteiger partial charge in [0.05, 0.1) is 13.0 Å². The molecule has 108 valence electrons. The van der Waals surface area contributed by atoms with E-state index in [0.29, 0.717) is 25.4 Å². The van der Waals surface area contributed by atoms with E-state index < -0.39 is 6.10 Å². The van der Waals surface area contributed by atoms with Crippen LogP contribution in [0, 0.1) is 0 Å². The molecule has 1 aliphatic heterocycles. The van der Waals surface area contributed by atoms with E-state index >= 15 is 0 Å². The van der Waals surface area contributed by atoms with E-state index in [4.69, 9.17) is 4.74 Å². The summed E-state index contributed by atoms with van der Waals surface area (Å²) in [6.07, 6.45) is -0.620. The lowest BCUT2D eigenvalue weighted by molar-refractivity contribution is -0.154. The summed E-state index contributed by atoms with van der Waals surface area (Å²) in [6.45, 7) is 3.64. The second-order valence-corrected chi connectivity index (χ2v) is 5.45. The monoisotopic (exact) mass is 340 g/mol. The largest absolute Gasteiger partial charge is 0.366 e. The van der Waals surface area contributed by atoms with Crippen molar-refractivity contribution in [2.24, 2.45) is 0 Å². The molecule has 20 heavy (non-hydrogen) atoms. The number of benzene rings is 1. The van der Waals surface area contributed by atoms with Gasteiger partial charge in [-0.25, -0.2) is 0 Å². The molecule has 1 atom stereocenters. The van der Waals surface area contributed by atoms with Gasteiger partial charge in [-0.2, -0.15) is 0 Å². The number of amides is 2. The molecule has 0 unspecified atom stereocenters. The third-order valence-corrected chi connectivity index (χ3v) is 3.68. The first-order valence-electron chi connectivity index (χ1n) is 6.56. The highest BCUT2D eigenvalue weighted by Gasteiger charge is 2.30. The fourth-order valence-corrected chi connectivity index (χ4v) is 2.33. The van der Waals surface area contributed by atoms with Gasteiger partial charge in [0.15, 0.2) is 0 Å². The first kappa shape index (κ1) is 15.0. The SMILES string of the molecule is CCN1CCO[C@H](CC(=O)Nc2ccc(Br)cc2)C1=O. The number of anilines is 1. The first-order valence-corrected chi connectivity index (χ1v) is 7.35. The number of ether oxygens (including phenoxy) is 1. The molecule has 2 rings (SSSR count). The maximum absolute atomic E-state index is 12.0. The van der Waals surface area contributed by atoms with Gasteiger partial charge in [0.25, 0.3) is 5.91 Å².